The van der Waals surface area contributed by atoms with Crippen molar-refractivity contribution in [1.82, 2.24) is 0 Å². The summed E-state index contributed by atoms with van der Waals surface area (Å²) in [6.45, 7) is 2.10. The highest BCUT2D eigenvalue weighted by Crippen LogP contribution is 2.38. The molecular formula is C10H9Br2NS2. The van der Waals surface area contributed by atoms with Crippen LogP contribution in [0.5, 0.6) is 0 Å². The number of thiophene rings is 2. The summed E-state index contributed by atoms with van der Waals surface area (Å²) < 4.78 is 2.21. The van der Waals surface area contributed by atoms with Gasteiger partial charge in [0.1, 0.15) is 0 Å². The fraction of sp³-hybridized carbons (Fsp3) is 0.200. The molecule has 1 unspecified atom stereocenters. The maximum absolute atomic E-state index is 6.24. The second-order valence-electron chi connectivity index (χ2n) is 3.23. The van der Waals surface area contributed by atoms with Crippen molar-refractivity contribution in [3.63, 3.8) is 0 Å². The fourth-order valence-electron chi connectivity index (χ4n) is 1.41. The first kappa shape index (κ1) is 11.8. The summed E-state index contributed by atoms with van der Waals surface area (Å²) in [6.07, 6.45) is 0. The van der Waals surface area contributed by atoms with E-state index in [1.807, 2.05) is 0 Å². The average molecular weight is 367 g/mol. The van der Waals surface area contributed by atoms with Gasteiger partial charge in [-0.25, -0.2) is 0 Å². The zero-order chi connectivity index (χ0) is 11.0. The van der Waals surface area contributed by atoms with E-state index >= 15 is 0 Å². The molecule has 0 amide bonds. The highest BCUT2D eigenvalue weighted by Gasteiger charge is 2.17. The van der Waals surface area contributed by atoms with E-state index in [-0.39, 0.29) is 6.04 Å². The Hall–Kier alpha value is 0.320. The Bertz CT molecular complexity index is 475. The summed E-state index contributed by atoms with van der Waals surface area (Å²) in [4.78, 5) is 1.24. The molecule has 1 atom stereocenters. The van der Waals surface area contributed by atoms with Crippen LogP contribution in [0.25, 0.3) is 0 Å². The van der Waals surface area contributed by atoms with Crippen molar-refractivity contribution < 1.29 is 0 Å². The lowest BCUT2D eigenvalue weighted by atomic mass is 10.1. The molecule has 2 aromatic heterocycles. The molecule has 2 N–H and O–H groups in total. The molecular weight excluding hydrogens is 358 g/mol. The first-order valence-corrected chi connectivity index (χ1v) is 7.62. The van der Waals surface area contributed by atoms with Crippen molar-refractivity contribution in [3.05, 3.63) is 41.1 Å². The van der Waals surface area contributed by atoms with E-state index in [2.05, 4.69) is 56.3 Å². The molecule has 0 aliphatic rings. The maximum atomic E-state index is 6.24. The Morgan fingerprint density at radius 3 is 2.60 bits per heavy atom. The molecule has 0 radical (unpaired) electrons. The van der Waals surface area contributed by atoms with Crippen molar-refractivity contribution in [2.45, 2.75) is 13.0 Å². The van der Waals surface area contributed by atoms with Crippen molar-refractivity contribution in [2.75, 3.05) is 0 Å². The number of rotatable bonds is 2. The second kappa shape index (κ2) is 4.67. The van der Waals surface area contributed by atoms with Gasteiger partial charge in [-0.1, -0.05) is 0 Å². The lowest BCUT2D eigenvalue weighted by Gasteiger charge is -2.09. The lowest BCUT2D eigenvalue weighted by molar-refractivity contribution is 0.886. The van der Waals surface area contributed by atoms with Gasteiger partial charge in [0.2, 0.25) is 0 Å². The molecule has 1 nitrogen and oxygen atoms in total. The molecule has 2 rings (SSSR count). The molecule has 0 saturated carbocycles. The van der Waals surface area contributed by atoms with E-state index in [4.69, 9.17) is 5.73 Å². The quantitative estimate of drug-likeness (QED) is 0.819. The average Bonchev–Trinajstić information content (AvgIpc) is 2.71. The first-order valence-electron chi connectivity index (χ1n) is 4.34. The van der Waals surface area contributed by atoms with Crippen molar-refractivity contribution in [1.29, 1.82) is 0 Å². The zero-order valence-electron chi connectivity index (χ0n) is 7.96. The van der Waals surface area contributed by atoms with Crippen LogP contribution in [0.4, 0.5) is 0 Å². The third kappa shape index (κ3) is 2.36. The standard InChI is InChI=1S/C10H9Br2NS2/c1-5-2-3-14-9(5)8(13)6-4-7(11)15-10(6)12/h2-4,8H,13H2,1H3. The second-order valence-corrected chi connectivity index (χ2v) is 7.92. The molecule has 0 aromatic carbocycles. The van der Waals surface area contributed by atoms with Crippen LogP contribution in [0.1, 0.15) is 22.0 Å². The van der Waals surface area contributed by atoms with Crippen molar-refractivity contribution in [3.8, 4) is 0 Å². The highest BCUT2D eigenvalue weighted by atomic mass is 79.9. The Balaban J connectivity index is 2.40. The maximum Gasteiger partial charge on any atom is 0.0761 e. The Morgan fingerprint density at radius 2 is 2.13 bits per heavy atom. The number of aryl methyl sites for hydroxylation is 1. The van der Waals surface area contributed by atoms with Gasteiger partial charge in [0, 0.05) is 10.4 Å². The van der Waals surface area contributed by atoms with Crippen molar-refractivity contribution >= 4 is 54.5 Å². The molecule has 15 heavy (non-hydrogen) atoms. The van der Waals surface area contributed by atoms with Crippen LogP contribution in [0.3, 0.4) is 0 Å². The molecule has 2 heterocycles. The van der Waals surface area contributed by atoms with Gasteiger partial charge in [0.15, 0.2) is 0 Å². The van der Waals surface area contributed by atoms with E-state index in [0.29, 0.717) is 0 Å². The van der Waals surface area contributed by atoms with Crippen LogP contribution >= 0.6 is 54.5 Å². The third-order valence-corrected chi connectivity index (χ3v) is 5.69. The molecule has 0 fully saturated rings. The van der Waals surface area contributed by atoms with Gasteiger partial charge in [-0.05, 0) is 61.9 Å². The Kier molecular flexibility index (Phi) is 3.67. The number of nitrogens with two attached hydrogens (primary N) is 1. The Morgan fingerprint density at radius 1 is 1.40 bits per heavy atom. The summed E-state index contributed by atoms with van der Waals surface area (Å²) in [6, 6.07) is 4.16. The number of hydrogen-bond donors (Lipinski definition) is 1. The minimum Gasteiger partial charge on any atom is -0.320 e. The van der Waals surface area contributed by atoms with Gasteiger partial charge in [0.25, 0.3) is 0 Å². The van der Waals surface area contributed by atoms with Crippen LogP contribution in [0.2, 0.25) is 0 Å². The largest absolute Gasteiger partial charge is 0.320 e. The van der Waals surface area contributed by atoms with Crippen LogP contribution < -0.4 is 5.73 Å². The summed E-state index contributed by atoms with van der Waals surface area (Å²) in [5.41, 5.74) is 8.66. The first-order chi connectivity index (χ1) is 7.09. The van der Waals surface area contributed by atoms with Gasteiger partial charge >= 0.3 is 0 Å². The van der Waals surface area contributed by atoms with E-state index < -0.39 is 0 Å². The predicted molar refractivity (Wildman–Crippen MR) is 74.8 cm³/mol. The molecule has 80 valence electrons. The number of hydrogen-bond acceptors (Lipinski definition) is 3. The van der Waals surface area contributed by atoms with Gasteiger partial charge in [0.05, 0.1) is 13.6 Å². The van der Waals surface area contributed by atoms with E-state index in [0.717, 1.165) is 13.1 Å². The normalized spacial score (nSPS) is 13.1. The van der Waals surface area contributed by atoms with Crippen molar-refractivity contribution in [2.24, 2.45) is 5.73 Å². The van der Waals surface area contributed by atoms with Gasteiger partial charge in [-0.15, -0.1) is 22.7 Å². The molecule has 0 spiro atoms. The molecule has 5 heteroatoms. The molecule has 2 aromatic rings. The third-order valence-electron chi connectivity index (χ3n) is 2.20. The zero-order valence-corrected chi connectivity index (χ0v) is 12.8. The molecule has 0 aliphatic carbocycles. The SMILES string of the molecule is Cc1ccsc1C(N)c1cc(Br)sc1Br. The molecule has 0 bridgehead atoms. The van der Waals surface area contributed by atoms with Gasteiger partial charge < -0.3 is 5.73 Å². The van der Waals surface area contributed by atoms with E-state index in [1.165, 1.54) is 10.4 Å². The minimum atomic E-state index is -0.0260. The topological polar surface area (TPSA) is 26.0 Å². The van der Waals surface area contributed by atoms with Gasteiger partial charge in [-0.3, -0.25) is 0 Å². The fourth-order valence-corrected chi connectivity index (χ4v) is 5.28. The monoisotopic (exact) mass is 365 g/mol. The summed E-state index contributed by atoms with van der Waals surface area (Å²) in [5, 5.41) is 2.08. The molecule has 0 aliphatic heterocycles. The molecule has 0 saturated heterocycles. The summed E-state index contributed by atoms with van der Waals surface area (Å²) in [5.74, 6) is 0. The van der Waals surface area contributed by atoms with Gasteiger partial charge in [-0.2, -0.15) is 0 Å². The van der Waals surface area contributed by atoms with Crippen LogP contribution in [-0.2, 0) is 0 Å². The minimum absolute atomic E-state index is 0.0260. The summed E-state index contributed by atoms with van der Waals surface area (Å²) >= 11 is 10.4. The summed E-state index contributed by atoms with van der Waals surface area (Å²) in [7, 11) is 0. The number of halogens is 2. The van der Waals surface area contributed by atoms with E-state index in [9.17, 15) is 0 Å². The highest BCUT2D eigenvalue weighted by molar-refractivity contribution is 9.12. The van der Waals surface area contributed by atoms with Crippen LogP contribution in [0, 0.1) is 6.92 Å². The van der Waals surface area contributed by atoms with Crippen LogP contribution in [0.15, 0.2) is 25.1 Å². The smallest absolute Gasteiger partial charge is 0.0761 e. The predicted octanol–water partition coefficient (Wildman–Crippen LogP) is 4.69. The Labute approximate surface area is 114 Å². The van der Waals surface area contributed by atoms with Crippen LogP contribution in [-0.4, -0.2) is 0 Å². The lowest BCUT2D eigenvalue weighted by Crippen LogP contribution is -2.10. The van der Waals surface area contributed by atoms with E-state index in [1.54, 1.807) is 22.7 Å².